The Hall–Kier alpha value is -3.26. The number of nitrogens with zero attached hydrogens (tertiary/aromatic N) is 3. The Balaban J connectivity index is 1.40. The van der Waals surface area contributed by atoms with Crippen molar-refractivity contribution in [3.8, 4) is 5.88 Å². The first-order chi connectivity index (χ1) is 16.2. The summed E-state index contributed by atoms with van der Waals surface area (Å²) in [6.07, 6.45) is 8.28. The monoisotopic (exact) mass is 459 g/mol. The first-order valence-electron chi connectivity index (χ1n) is 11.9. The van der Waals surface area contributed by atoms with E-state index >= 15 is 0 Å². The number of ether oxygens (including phenoxy) is 2. The second-order valence-corrected chi connectivity index (χ2v) is 10.6. The highest BCUT2D eigenvalue weighted by Gasteiger charge is 2.41. The number of cyclic esters (lactones) is 1. The molecule has 0 radical (unpaired) electrons. The van der Waals surface area contributed by atoms with Crippen molar-refractivity contribution in [1.29, 1.82) is 0 Å². The molecule has 8 heteroatoms. The van der Waals surface area contributed by atoms with Gasteiger partial charge < -0.3 is 20.5 Å². The smallest absolute Gasteiger partial charge is 0.340 e. The molecule has 6 rings (SSSR count). The van der Waals surface area contributed by atoms with E-state index in [-0.39, 0.29) is 17.5 Å². The van der Waals surface area contributed by atoms with Crippen LogP contribution >= 0.6 is 0 Å². The molecule has 3 aliphatic rings. The number of hydrogen-bond acceptors (Lipinski definition) is 8. The maximum atomic E-state index is 12.2. The van der Waals surface area contributed by atoms with E-state index in [2.05, 4.69) is 22.2 Å². The molecule has 3 N–H and O–H groups in total. The number of carbonyl (C=O) groups is 1. The van der Waals surface area contributed by atoms with Crippen molar-refractivity contribution in [1.82, 2.24) is 15.0 Å². The average Bonchev–Trinajstić information content (AvgIpc) is 3.71. The standard InChI is InChI=1S/C26H29N5O3/c1-25(2)13-33-24(32)16-8-9-20(31-22(16)25)30-21-10-17-18(11-28-21)23(34-15-6-7-15)29-12-19(17)26(3,27)14-4-5-14/h8-12,14-15H,4-7,13,27H2,1-3H3,(H,28,30,31). The lowest BCUT2D eigenvalue weighted by molar-refractivity contribution is 0.0366. The molecule has 0 amide bonds. The average molecular weight is 460 g/mol. The van der Waals surface area contributed by atoms with Crippen LogP contribution in [-0.4, -0.2) is 33.6 Å². The number of aromatic nitrogens is 3. The molecule has 8 nitrogen and oxygen atoms in total. The van der Waals surface area contributed by atoms with Crippen molar-refractivity contribution in [2.24, 2.45) is 11.7 Å². The van der Waals surface area contributed by atoms with Gasteiger partial charge in [-0.3, -0.25) is 0 Å². The van der Waals surface area contributed by atoms with Gasteiger partial charge in [-0.15, -0.1) is 0 Å². The SMILES string of the molecule is CC1(C)COC(=O)c2ccc(Nc3cc4c(C(C)(N)C5CC5)cnc(OC5CC5)c4cn3)nc21. The molecule has 3 aromatic rings. The van der Waals surface area contributed by atoms with Gasteiger partial charge in [0.2, 0.25) is 5.88 Å². The van der Waals surface area contributed by atoms with Crippen molar-refractivity contribution in [2.45, 2.75) is 63.5 Å². The molecule has 1 aliphatic heterocycles. The number of hydrogen-bond donors (Lipinski definition) is 2. The molecule has 0 bridgehead atoms. The van der Waals surface area contributed by atoms with Gasteiger partial charge in [0.15, 0.2) is 0 Å². The second kappa shape index (κ2) is 7.37. The number of rotatable bonds is 6. The Labute approximate surface area is 198 Å². The molecule has 4 heterocycles. The van der Waals surface area contributed by atoms with Gasteiger partial charge in [0, 0.05) is 23.3 Å². The molecule has 0 saturated heterocycles. The highest BCUT2D eigenvalue weighted by atomic mass is 16.5. The predicted molar refractivity (Wildman–Crippen MR) is 128 cm³/mol. The predicted octanol–water partition coefficient (Wildman–Crippen LogP) is 4.34. The van der Waals surface area contributed by atoms with E-state index in [4.69, 9.17) is 20.2 Å². The normalized spacial score (nSPS) is 20.9. The minimum Gasteiger partial charge on any atom is -0.474 e. The molecule has 1 unspecified atom stereocenters. The van der Waals surface area contributed by atoms with Crippen LogP contribution in [0.3, 0.4) is 0 Å². The van der Waals surface area contributed by atoms with Crippen LogP contribution in [0.1, 0.15) is 68.1 Å². The maximum Gasteiger partial charge on any atom is 0.340 e. The first-order valence-corrected chi connectivity index (χ1v) is 11.9. The summed E-state index contributed by atoms with van der Waals surface area (Å²) >= 11 is 0. The Morgan fingerprint density at radius 3 is 2.65 bits per heavy atom. The van der Waals surface area contributed by atoms with Crippen LogP contribution in [0.15, 0.2) is 30.6 Å². The molecule has 34 heavy (non-hydrogen) atoms. The van der Waals surface area contributed by atoms with Crippen LogP contribution in [0.5, 0.6) is 5.88 Å². The van der Waals surface area contributed by atoms with E-state index in [1.54, 1.807) is 18.3 Å². The number of nitrogens with two attached hydrogens (primary N) is 1. The molecule has 3 aromatic heterocycles. The van der Waals surface area contributed by atoms with Crippen molar-refractivity contribution in [3.63, 3.8) is 0 Å². The molecule has 0 spiro atoms. The van der Waals surface area contributed by atoms with Crippen molar-refractivity contribution in [2.75, 3.05) is 11.9 Å². The summed E-state index contributed by atoms with van der Waals surface area (Å²) in [7, 11) is 0. The first kappa shape index (κ1) is 21.3. The number of fused-ring (bicyclic) bond motifs is 2. The molecular weight excluding hydrogens is 430 g/mol. The number of carbonyl (C=O) groups excluding carboxylic acids is 1. The molecule has 2 aliphatic carbocycles. The fourth-order valence-corrected chi connectivity index (χ4v) is 4.68. The molecule has 176 valence electrons. The van der Waals surface area contributed by atoms with Gasteiger partial charge in [-0.05, 0) is 67.7 Å². The van der Waals surface area contributed by atoms with Crippen LogP contribution in [0.2, 0.25) is 0 Å². The van der Waals surface area contributed by atoms with Gasteiger partial charge in [-0.2, -0.15) is 0 Å². The summed E-state index contributed by atoms with van der Waals surface area (Å²) < 4.78 is 11.4. The van der Waals surface area contributed by atoms with Crippen molar-refractivity contribution in [3.05, 3.63) is 47.4 Å². The maximum absolute atomic E-state index is 12.2. The van der Waals surface area contributed by atoms with E-state index in [0.29, 0.717) is 35.6 Å². The zero-order valence-electron chi connectivity index (χ0n) is 19.7. The van der Waals surface area contributed by atoms with Gasteiger partial charge in [-0.25, -0.2) is 19.7 Å². The van der Waals surface area contributed by atoms with Gasteiger partial charge in [0.05, 0.1) is 16.6 Å². The largest absolute Gasteiger partial charge is 0.474 e. The topological polar surface area (TPSA) is 112 Å². The Morgan fingerprint density at radius 2 is 1.91 bits per heavy atom. The zero-order chi connectivity index (χ0) is 23.7. The number of esters is 1. The summed E-state index contributed by atoms with van der Waals surface area (Å²) in [4.78, 5) is 26.2. The van der Waals surface area contributed by atoms with E-state index in [1.165, 1.54) is 0 Å². The Kier molecular flexibility index (Phi) is 4.61. The van der Waals surface area contributed by atoms with Gasteiger partial charge in [0.1, 0.15) is 24.3 Å². The van der Waals surface area contributed by atoms with Crippen LogP contribution in [0.4, 0.5) is 11.6 Å². The molecule has 0 aromatic carbocycles. The fourth-order valence-electron chi connectivity index (χ4n) is 4.68. The third-order valence-electron chi connectivity index (χ3n) is 7.12. The summed E-state index contributed by atoms with van der Waals surface area (Å²) in [6.45, 7) is 6.43. The highest BCUT2D eigenvalue weighted by Crippen LogP contribution is 2.46. The summed E-state index contributed by atoms with van der Waals surface area (Å²) in [6, 6.07) is 5.54. The highest BCUT2D eigenvalue weighted by molar-refractivity contribution is 5.93. The van der Waals surface area contributed by atoms with Crippen LogP contribution in [-0.2, 0) is 15.7 Å². The Bertz CT molecular complexity index is 1310. The minimum atomic E-state index is -0.476. The van der Waals surface area contributed by atoms with E-state index in [9.17, 15) is 4.79 Å². The van der Waals surface area contributed by atoms with E-state index < -0.39 is 5.54 Å². The number of pyridine rings is 3. The number of nitrogens with one attached hydrogen (secondary N) is 1. The van der Waals surface area contributed by atoms with E-state index in [1.807, 2.05) is 26.1 Å². The Morgan fingerprint density at radius 1 is 1.12 bits per heavy atom. The van der Waals surface area contributed by atoms with Crippen molar-refractivity contribution >= 4 is 28.4 Å². The molecular formula is C26H29N5O3. The van der Waals surface area contributed by atoms with Crippen LogP contribution < -0.4 is 15.8 Å². The van der Waals surface area contributed by atoms with Crippen molar-refractivity contribution < 1.29 is 14.3 Å². The third-order valence-corrected chi connectivity index (χ3v) is 7.12. The molecule has 2 fully saturated rings. The van der Waals surface area contributed by atoms with Crippen LogP contribution in [0.25, 0.3) is 10.8 Å². The minimum absolute atomic E-state index is 0.238. The lowest BCUT2D eigenvalue weighted by atomic mass is 9.85. The number of anilines is 2. The fraction of sp³-hybridized carbons (Fsp3) is 0.462. The summed E-state index contributed by atoms with van der Waals surface area (Å²) in [5.74, 6) is 1.99. The van der Waals surface area contributed by atoms with Gasteiger partial charge >= 0.3 is 5.97 Å². The quantitative estimate of drug-likeness (QED) is 0.524. The molecule has 1 atom stereocenters. The summed E-state index contributed by atoms with van der Waals surface area (Å²) in [5.41, 5.74) is 8.21. The second-order valence-electron chi connectivity index (χ2n) is 10.6. The van der Waals surface area contributed by atoms with Gasteiger partial charge in [0.25, 0.3) is 0 Å². The summed E-state index contributed by atoms with van der Waals surface area (Å²) in [5, 5.41) is 5.18. The van der Waals surface area contributed by atoms with E-state index in [0.717, 1.165) is 47.7 Å². The third kappa shape index (κ3) is 3.66. The molecule has 2 saturated carbocycles. The van der Waals surface area contributed by atoms with Crippen LogP contribution in [0, 0.1) is 5.92 Å². The lowest BCUT2D eigenvalue weighted by Crippen LogP contribution is -2.35. The van der Waals surface area contributed by atoms with Gasteiger partial charge in [-0.1, -0.05) is 13.8 Å². The lowest BCUT2D eigenvalue weighted by Gasteiger charge is -2.30. The zero-order valence-corrected chi connectivity index (χ0v) is 19.7.